The number of pyridine rings is 1. The van der Waals surface area contributed by atoms with E-state index >= 15 is 0 Å². The molecule has 0 saturated heterocycles. The lowest BCUT2D eigenvalue weighted by Gasteiger charge is -2.13. The van der Waals surface area contributed by atoms with E-state index in [9.17, 15) is 13.2 Å². The van der Waals surface area contributed by atoms with Crippen LogP contribution in [0.1, 0.15) is 32.8 Å². The molecule has 1 rings (SSSR count). The van der Waals surface area contributed by atoms with Crippen LogP contribution in [0.25, 0.3) is 0 Å². The number of aromatic nitrogens is 1. The minimum Gasteiger partial charge on any atom is -0.468 e. The molecule has 6 nitrogen and oxygen atoms in total. The van der Waals surface area contributed by atoms with Gasteiger partial charge >= 0.3 is 6.18 Å². The van der Waals surface area contributed by atoms with Crippen molar-refractivity contribution >= 4 is 5.96 Å². The molecule has 154 valence electrons. The maximum Gasteiger partial charge on any atom is 0.422 e. The number of rotatable bonds is 11. The summed E-state index contributed by atoms with van der Waals surface area (Å²) in [6.07, 6.45) is -2.20. The molecule has 0 radical (unpaired) electrons. The summed E-state index contributed by atoms with van der Waals surface area (Å²) in [6, 6.07) is 3.28. The fraction of sp³-hybridized carbons (Fsp3) is 0.667. The standard InChI is InChI=1S/C18H29F3N4O2/c1-4-22-17(24-9-6-10-26-12-14(2)3)25-11-15-7-5-8-23-16(15)27-13-18(19,20)21/h5,7-8,14H,4,6,9-13H2,1-3H3,(H2,22,24,25). The van der Waals surface area contributed by atoms with E-state index in [1.54, 1.807) is 12.1 Å². The van der Waals surface area contributed by atoms with Gasteiger partial charge < -0.3 is 20.1 Å². The maximum atomic E-state index is 12.3. The highest BCUT2D eigenvalue weighted by Gasteiger charge is 2.29. The Balaban J connectivity index is 2.54. The highest BCUT2D eigenvalue weighted by atomic mass is 19.4. The molecule has 0 atom stereocenters. The Morgan fingerprint density at radius 3 is 2.74 bits per heavy atom. The molecule has 0 bridgehead atoms. The van der Waals surface area contributed by atoms with Crippen LogP contribution in [-0.2, 0) is 11.3 Å². The van der Waals surface area contributed by atoms with Crippen molar-refractivity contribution in [1.82, 2.24) is 15.6 Å². The fourth-order valence-electron chi connectivity index (χ4n) is 2.03. The van der Waals surface area contributed by atoms with E-state index < -0.39 is 12.8 Å². The third-order valence-corrected chi connectivity index (χ3v) is 3.18. The van der Waals surface area contributed by atoms with Crippen LogP contribution in [0.5, 0.6) is 5.88 Å². The molecule has 0 aliphatic rings. The molecule has 1 aromatic rings. The summed E-state index contributed by atoms with van der Waals surface area (Å²) in [5.74, 6) is 1.02. The molecule has 0 aliphatic carbocycles. The van der Waals surface area contributed by atoms with E-state index in [0.717, 1.165) is 13.0 Å². The normalized spacial score (nSPS) is 12.3. The largest absolute Gasteiger partial charge is 0.468 e. The summed E-state index contributed by atoms with van der Waals surface area (Å²) >= 11 is 0. The van der Waals surface area contributed by atoms with Crippen LogP contribution in [0.3, 0.4) is 0 Å². The van der Waals surface area contributed by atoms with Crippen molar-refractivity contribution in [3.63, 3.8) is 0 Å². The summed E-state index contributed by atoms with van der Waals surface area (Å²) in [7, 11) is 0. The number of hydrogen-bond acceptors (Lipinski definition) is 4. The van der Waals surface area contributed by atoms with Gasteiger partial charge in [0.15, 0.2) is 12.6 Å². The van der Waals surface area contributed by atoms with Gasteiger partial charge in [-0.3, -0.25) is 0 Å². The number of hydrogen-bond donors (Lipinski definition) is 2. The van der Waals surface area contributed by atoms with Crippen molar-refractivity contribution in [2.45, 2.75) is 39.9 Å². The third-order valence-electron chi connectivity index (χ3n) is 3.18. The lowest BCUT2D eigenvalue weighted by molar-refractivity contribution is -0.154. The minimum atomic E-state index is -4.41. The minimum absolute atomic E-state index is 0.0588. The Labute approximate surface area is 158 Å². The van der Waals surface area contributed by atoms with E-state index in [1.165, 1.54) is 6.20 Å². The number of nitrogens with one attached hydrogen (secondary N) is 2. The molecule has 9 heteroatoms. The summed E-state index contributed by atoms with van der Waals surface area (Å²) < 4.78 is 47.3. The summed E-state index contributed by atoms with van der Waals surface area (Å²) in [5, 5.41) is 6.27. The molecule has 1 aromatic heterocycles. The molecule has 0 amide bonds. The SMILES string of the molecule is CCNC(=NCc1cccnc1OCC(F)(F)F)NCCCOCC(C)C. The van der Waals surface area contributed by atoms with Gasteiger partial charge in [-0.05, 0) is 25.3 Å². The van der Waals surface area contributed by atoms with Crippen LogP contribution in [0.4, 0.5) is 13.2 Å². The first kappa shape index (κ1) is 23.0. The van der Waals surface area contributed by atoms with E-state index in [-0.39, 0.29) is 12.4 Å². The maximum absolute atomic E-state index is 12.3. The first-order valence-electron chi connectivity index (χ1n) is 9.05. The van der Waals surface area contributed by atoms with Gasteiger partial charge in [-0.2, -0.15) is 13.2 Å². The van der Waals surface area contributed by atoms with Gasteiger partial charge in [0.05, 0.1) is 6.54 Å². The van der Waals surface area contributed by atoms with E-state index in [4.69, 9.17) is 9.47 Å². The van der Waals surface area contributed by atoms with Gasteiger partial charge in [0.2, 0.25) is 5.88 Å². The van der Waals surface area contributed by atoms with Crippen molar-refractivity contribution in [3.8, 4) is 5.88 Å². The van der Waals surface area contributed by atoms with Gasteiger partial charge in [-0.25, -0.2) is 9.98 Å². The lowest BCUT2D eigenvalue weighted by atomic mass is 10.2. The average Bonchev–Trinajstić information content (AvgIpc) is 2.60. The van der Waals surface area contributed by atoms with Crippen LogP contribution in [0.2, 0.25) is 0 Å². The van der Waals surface area contributed by atoms with E-state index in [2.05, 4.69) is 34.5 Å². The number of guanidine groups is 1. The zero-order chi connectivity index (χ0) is 20.1. The van der Waals surface area contributed by atoms with Gasteiger partial charge in [0, 0.05) is 38.1 Å². The van der Waals surface area contributed by atoms with Crippen molar-refractivity contribution in [2.24, 2.45) is 10.9 Å². The molecular weight excluding hydrogens is 361 g/mol. The molecule has 2 N–H and O–H groups in total. The Bertz CT molecular complexity index is 566. The van der Waals surface area contributed by atoms with E-state index in [1.807, 2.05) is 6.92 Å². The topological polar surface area (TPSA) is 67.8 Å². The van der Waals surface area contributed by atoms with Crippen molar-refractivity contribution in [1.29, 1.82) is 0 Å². The molecule has 0 aromatic carbocycles. The van der Waals surface area contributed by atoms with Crippen LogP contribution in [0.15, 0.2) is 23.3 Å². The molecular formula is C18H29F3N4O2. The number of alkyl halides is 3. The number of halogens is 3. The Hall–Kier alpha value is -2.03. The molecule has 0 unspecified atom stereocenters. The van der Waals surface area contributed by atoms with Crippen molar-refractivity contribution in [2.75, 3.05) is 32.9 Å². The molecule has 0 saturated carbocycles. The zero-order valence-electron chi connectivity index (χ0n) is 16.1. The van der Waals surface area contributed by atoms with Gasteiger partial charge in [-0.15, -0.1) is 0 Å². The van der Waals surface area contributed by atoms with Crippen LogP contribution >= 0.6 is 0 Å². The Kier molecular flexibility index (Phi) is 10.5. The van der Waals surface area contributed by atoms with Crippen LogP contribution in [-0.4, -0.2) is 50.0 Å². The predicted octanol–water partition coefficient (Wildman–Crippen LogP) is 3.14. The van der Waals surface area contributed by atoms with Gasteiger partial charge in [0.1, 0.15) is 0 Å². The number of ether oxygens (including phenoxy) is 2. The molecule has 0 fully saturated rings. The summed E-state index contributed by atoms with van der Waals surface area (Å²) in [6.45, 7) is 7.63. The quantitative estimate of drug-likeness (QED) is 0.345. The predicted molar refractivity (Wildman–Crippen MR) is 98.9 cm³/mol. The second-order valence-electron chi connectivity index (χ2n) is 6.32. The Morgan fingerprint density at radius 2 is 2.07 bits per heavy atom. The van der Waals surface area contributed by atoms with Crippen molar-refractivity contribution < 1.29 is 22.6 Å². The average molecular weight is 390 g/mol. The first-order valence-corrected chi connectivity index (χ1v) is 9.05. The Morgan fingerprint density at radius 1 is 1.30 bits per heavy atom. The second-order valence-corrected chi connectivity index (χ2v) is 6.32. The van der Waals surface area contributed by atoms with Gasteiger partial charge in [-0.1, -0.05) is 19.9 Å². The summed E-state index contributed by atoms with van der Waals surface area (Å²) in [5.41, 5.74) is 0.485. The highest BCUT2D eigenvalue weighted by Crippen LogP contribution is 2.20. The van der Waals surface area contributed by atoms with Gasteiger partial charge in [0.25, 0.3) is 0 Å². The summed E-state index contributed by atoms with van der Waals surface area (Å²) in [4.78, 5) is 8.25. The third kappa shape index (κ3) is 11.3. The fourth-order valence-corrected chi connectivity index (χ4v) is 2.03. The van der Waals surface area contributed by atoms with Crippen molar-refractivity contribution in [3.05, 3.63) is 23.9 Å². The molecule has 27 heavy (non-hydrogen) atoms. The van der Waals surface area contributed by atoms with Crippen LogP contribution in [0, 0.1) is 5.92 Å². The second kappa shape index (κ2) is 12.4. The molecule has 1 heterocycles. The lowest BCUT2D eigenvalue weighted by Crippen LogP contribution is -2.38. The molecule has 0 aliphatic heterocycles. The first-order chi connectivity index (χ1) is 12.8. The molecule has 0 spiro atoms. The smallest absolute Gasteiger partial charge is 0.422 e. The number of aliphatic imine (C=N–C) groups is 1. The van der Waals surface area contributed by atoms with E-state index in [0.29, 0.717) is 37.1 Å². The zero-order valence-corrected chi connectivity index (χ0v) is 16.1. The highest BCUT2D eigenvalue weighted by molar-refractivity contribution is 5.79. The van der Waals surface area contributed by atoms with Crippen LogP contribution < -0.4 is 15.4 Å². The number of nitrogens with zero attached hydrogens (tertiary/aromatic N) is 2. The monoisotopic (exact) mass is 390 g/mol.